The number of carbonyl (C=O) groups excluding carboxylic acids is 2. The normalized spacial score (nSPS) is 13.4. The van der Waals surface area contributed by atoms with Crippen LogP contribution in [0, 0.1) is 10.1 Å². The lowest BCUT2D eigenvalue weighted by molar-refractivity contribution is -0.380. The second-order valence-corrected chi connectivity index (χ2v) is 8.12. The Bertz CT molecular complexity index is 1220. The molecule has 1 aliphatic heterocycles. The minimum Gasteiger partial charge on any atom is -0.486 e. The van der Waals surface area contributed by atoms with Crippen molar-refractivity contribution in [1.82, 2.24) is 4.57 Å². The fourth-order valence-corrected chi connectivity index (χ4v) is 4.61. The number of nitro groups is 1. The minimum absolute atomic E-state index is 0.132. The van der Waals surface area contributed by atoms with Gasteiger partial charge in [0.1, 0.15) is 24.6 Å². The van der Waals surface area contributed by atoms with Gasteiger partial charge in [-0.1, -0.05) is 22.7 Å². The van der Waals surface area contributed by atoms with Gasteiger partial charge >= 0.3 is 11.0 Å². The third-order valence-corrected chi connectivity index (χ3v) is 6.19. The summed E-state index contributed by atoms with van der Waals surface area (Å²) < 4.78 is 18.6. The van der Waals surface area contributed by atoms with Crippen LogP contribution in [0.5, 0.6) is 11.5 Å². The Morgan fingerprint density at radius 1 is 1.23 bits per heavy atom. The van der Waals surface area contributed by atoms with Gasteiger partial charge in [-0.05, 0) is 13.0 Å². The predicted octanol–water partition coefficient (Wildman–Crippen LogP) is 2.75. The van der Waals surface area contributed by atoms with Crippen LogP contribution in [0.2, 0.25) is 0 Å². The molecular weight excluding hydrogens is 434 g/mol. The smallest absolute Gasteiger partial charge is 0.326 e. The molecule has 0 saturated heterocycles. The number of nitrogens with zero attached hydrogens (tertiary/aromatic N) is 3. The summed E-state index contributed by atoms with van der Waals surface area (Å²) >= 11 is 1.94. The highest BCUT2D eigenvalue weighted by Gasteiger charge is 2.20. The molecule has 0 aliphatic carbocycles. The summed E-state index contributed by atoms with van der Waals surface area (Å²) in [6.45, 7) is 2.61. The number of fused-ring (bicyclic) bond motifs is 2. The summed E-state index contributed by atoms with van der Waals surface area (Å²) in [6.07, 6.45) is 0. The number of hydrogen-bond donors (Lipinski definition) is 0. The Kier molecular flexibility index (Phi) is 5.50. The number of esters is 1. The summed E-state index contributed by atoms with van der Waals surface area (Å²) in [4.78, 5) is 39.6. The summed E-state index contributed by atoms with van der Waals surface area (Å²) in [6, 6.07) is 6.13. The van der Waals surface area contributed by atoms with Crippen LogP contribution in [0.25, 0.3) is 10.2 Å². The first-order chi connectivity index (χ1) is 14.5. The van der Waals surface area contributed by atoms with Crippen LogP contribution in [0.1, 0.15) is 16.6 Å². The van der Waals surface area contributed by atoms with Crippen molar-refractivity contribution in [2.24, 2.45) is 4.99 Å². The SMILES string of the molecule is CCOC(=O)Cn1c(=NC(=O)c2ccc([N+](=O)[O-])s2)sc2cc3c(cc21)OCCO3. The molecular formula is C18H15N3O7S2. The first-order valence-corrected chi connectivity index (χ1v) is 10.5. The second-order valence-electron chi connectivity index (χ2n) is 6.05. The highest BCUT2D eigenvalue weighted by Crippen LogP contribution is 2.35. The predicted molar refractivity (Wildman–Crippen MR) is 108 cm³/mol. The van der Waals surface area contributed by atoms with Crippen molar-refractivity contribution in [3.63, 3.8) is 0 Å². The second kappa shape index (κ2) is 8.24. The van der Waals surface area contributed by atoms with Crippen LogP contribution in [0.4, 0.5) is 5.00 Å². The molecule has 3 aromatic rings. The Morgan fingerprint density at radius 2 is 1.97 bits per heavy atom. The highest BCUT2D eigenvalue weighted by atomic mass is 32.1. The van der Waals surface area contributed by atoms with E-state index in [2.05, 4.69) is 4.99 Å². The number of thiazole rings is 1. The molecule has 1 aromatic carbocycles. The van der Waals surface area contributed by atoms with Gasteiger partial charge in [0.25, 0.3) is 5.91 Å². The van der Waals surface area contributed by atoms with E-state index in [9.17, 15) is 19.7 Å². The quantitative estimate of drug-likeness (QED) is 0.333. The third kappa shape index (κ3) is 3.91. The zero-order chi connectivity index (χ0) is 21.3. The average Bonchev–Trinajstić information content (AvgIpc) is 3.33. The average molecular weight is 449 g/mol. The van der Waals surface area contributed by atoms with E-state index >= 15 is 0 Å². The molecule has 0 fully saturated rings. The fraction of sp³-hybridized carbons (Fsp3) is 0.278. The Balaban J connectivity index is 1.81. The lowest BCUT2D eigenvalue weighted by atomic mass is 10.2. The molecule has 0 spiro atoms. The molecule has 12 heteroatoms. The molecule has 0 atom stereocenters. The lowest BCUT2D eigenvalue weighted by Crippen LogP contribution is -2.23. The molecule has 1 amide bonds. The lowest BCUT2D eigenvalue weighted by Gasteiger charge is -2.18. The molecule has 0 radical (unpaired) electrons. The van der Waals surface area contributed by atoms with Crippen LogP contribution in [0.3, 0.4) is 0 Å². The van der Waals surface area contributed by atoms with E-state index in [1.54, 1.807) is 23.6 Å². The Hall–Kier alpha value is -3.25. The zero-order valence-electron chi connectivity index (χ0n) is 15.7. The number of aromatic nitrogens is 1. The van der Waals surface area contributed by atoms with Crippen molar-refractivity contribution in [3.8, 4) is 11.5 Å². The Morgan fingerprint density at radius 3 is 2.63 bits per heavy atom. The van der Waals surface area contributed by atoms with Gasteiger partial charge in [-0.25, -0.2) is 0 Å². The summed E-state index contributed by atoms with van der Waals surface area (Å²) in [5.74, 6) is 0.00300. The van der Waals surface area contributed by atoms with Crippen molar-refractivity contribution in [3.05, 3.63) is 44.1 Å². The molecule has 10 nitrogen and oxygen atoms in total. The number of hydrogen-bond acceptors (Lipinski definition) is 9. The highest BCUT2D eigenvalue weighted by molar-refractivity contribution is 7.17. The van der Waals surface area contributed by atoms with E-state index in [0.29, 0.717) is 30.2 Å². The maximum Gasteiger partial charge on any atom is 0.326 e. The van der Waals surface area contributed by atoms with Gasteiger partial charge < -0.3 is 18.8 Å². The van der Waals surface area contributed by atoms with E-state index in [1.165, 1.54) is 23.5 Å². The monoisotopic (exact) mass is 449 g/mol. The Labute approximate surface area is 177 Å². The van der Waals surface area contributed by atoms with Gasteiger partial charge in [-0.3, -0.25) is 19.7 Å². The summed E-state index contributed by atoms with van der Waals surface area (Å²) in [5, 5.41) is 10.7. The molecule has 4 rings (SSSR count). The van der Waals surface area contributed by atoms with Gasteiger partial charge in [0.2, 0.25) is 0 Å². The van der Waals surface area contributed by atoms with Gasteiger partial charge in [-0.2, -0.15) is 4.99 Å². The maximum atomic E-state index is 12.6. The standard InChI is InChI=1S/C18H15N3O7S2/c1-2-26-16(22)9-20-10-7-11-12(28-6-5-27-11)8-14(10)30-18(20)19-17(23)13-3-4-15(29-13)21(24)25/h3-4,7-8H,2,5-6,9H2,1H3. The summed E-state index contributed by atoms with van der Waals surface area (Å²) in [7, 11) is 0. The van der Waals surface area contributed by atoms with E-state index in [4.69, 9.17) is 14.2 Å². The number of ether oxygens (including phenoxy) is 3. The zero-order valence-corrected chi connectivity index (χ0v) is 17.3. The van der Waals surface area contributed by atoms with E-state index in [1.807, 2.05) is 0 Å². The topological polar surface area (TPSA) is 122 Å². The van der Waals surface area contributed by atoms with Crippen LogP contribution in [-0.2, 0) is 16.1 Å². The van der Waals surface area contributed by atoms with Gasteiger partial charge in [-0.15, -0.1) is 0 Å². The molecule has 0 bridgehead atoms. The van der Waals surface area contributed by atoms with Crippen LogP contribution in [0.15, 0.2) is 29.3 Å². The maximum absolute atomic E-state index is 12.6. The van der Waals surface area contributed by atoms with Gasteiger partial charge in [0.15, 0.2) is 16.3 Å². The molecule has 0 N–H and O–H groups in total. The number of carbonyl (C=O) groups is 2. The third-order valence-electron chi connectivity index (χ3n) is 4.12. The molecule has 0 unspecified atom stereocenters. The number of amides is 1. The molecule has 156 valence electrons. The fourth-order valence-electron chi connectivity index (χ4n) is 2.86. The van der Waals surface area contributed by atoms with Crippen molar-refractivity contribution >= 4 is 49.8 Å². The van der Waals surface area contributed by atoms with Crippen molar-refractivity contribution < 1.29 is 28.7 Å². The molecule has 2 aromatic heterocycles. The largest absolute Gasteiger partial charge is 0.486 e. The summed E-state index contributed by atoms with van der Waals surface area (Å²) in [5.41, 5.74) is 0.640. The van der Waals surface area contributed by atoms with Crippen LogP contribution >= 0.6 is 22.7 Å². The molecule has 30 heavy (non-hydrogen) atoms. The van der Waals surface area contributed by atoms with Crippen LogP contribution in [-0.4, -0.2) is 41.2 Å². The van der Waals surface area contributed by atoms with Gasteiger partial charge in [0.05, 0.1) is 21.7 Å². The molecule has 3 heterocycles. The minimum atomic E-state index is -0.630. The van der Waals surface area contributed by atoms with Crippen molar-refractivity contribution in [2.75, 3.05) is 19.8 Å². The first-order valence-electron chi connectivity index (χ1n) is 8.88. The van der Waals surface area contributed by atoms with Gasteiger partial charge in [0, 0.05) is 18.2 Å². The molecule has 0 saturated carbocycles. The van der Waals surface area contributed by atoms with Crippen LogP contribution < -0.4 is 14.3 Å². The van der Waals surface area contributed by atoms with E-state index < -0.39 is 16.8 Å². The van der Waals surface area contributed by atoms with Crippen molar-refractivity contribution in [1.29, 1.82) is 0 Å². The number of thiophene rings is 1. The number of rotatable bonds is 5. The first kappa shape index (κ1) is 20.0. The van der Waals surface area contributed by atoms with E-state index in [-0.39, 0.29) is 27.8 Å². The molecule has 1 aliphatic rings. The van der Waals surface area contributed by atoms with E-state index in [0.717, 1.165) is 16.0 Å². The number of benzene rings is 1. The van der Waals surface area contributed by atoms with Crippen molar-refractivity contribution in [2.45, 2.75) is 13.5 Å².